The number of rotatable bonds is 5. The fraction of sp³-hybridized carbons (Fsp3) is 0.333. The van der Waals surface area contributed by atoms with Gasteiger partial charge in [0, 0.05) is 25.3 Å². The first-order valence-electron chi connectivity index (χ1n) is 7.18. The molecule has 2 N–H and O–H groups in total. The summed E-state index contributed by atoms with van der Waals surface area (Å²) >= 11 is 0. The normalized spacial score (nSPS) is 10.6. The molecule has 0 fully saturated rings. The molecule has 0 spiro atoms. The molecule has 0 atom stereocenters. The lowest BCUT2D eigenvalue weighted by molar-refractivity contribution is 0.786. The van der Waals surface area contributed by atoms with Gasteiger partial charge in [0.05, 0.1) is 0 Å². The van der Waals surface area contributed by atoms with Crippen LogP contribution in [-0.2, 0) is 6.54 Å². The van der Waals surface area contributed by atoms with Crippen molar-refractivity contribution < 1.29 is 0 Å². The molecule has 0 heterocycles. The van der Waals surface area contributed by atoms with E-state index >= 15 is 0 Å². The number of nitrogens with two attached hydrogens (primary N) is 1. The number of anilines is 1. The quantitative estimate of drug-likeness (QED) is 0.898. The van der Waals surface area contributed by atoms with Gasteiger partial charge in [-0.1, -0.05) is 30.3 Å². The molecule has 0 radical (unpaired) electrons. The molecule has 106 valence electrons. The van der Waals surface area contributed by atoms with E-state index in [1.165, 1.54) is 27.9 Å². The Morgan fingerprint density at radius 1 is 0.950 bits per heavy atom. The van der Waals surface area contributed by atoms with Gasteiger partial charge in [-0.05, 0) is 55.2 Å². The number of hydrogen-bond donors (Lipinski definition) is 1. The first-order valence-corrected chi connectivity index (χ1v) is 7.18. The average molecular weight is 268 g/mol. The predicted molar refractivity (Wildman–Crippen MR) is 87.2 cm³/mol. The van der Waals surface area contributed by atoms with Crippen LogP contribution in [0.5, 0.6) is 0 Å². The van der Waals surface area contributed by atoms with Gasteiger partial charge >= 0.3 is 0 Å². The highest BCUT2D eigenvalue weighted by Gasteiger charge is 2.09. The highest BCUT2D eigenvalue weighted by Crippen LogP contribution is 2.21. The number of hydrogen-bond acceptors (Lipinski definition) is 2. The van der Waals surface area contributed by atoms with Crippen molar-refractivity contribution in [3.63, 3.8) is 0 Å². The van der Waals surface area contributed by atoms with Crippen LogP contribution < -0.4 is 10.6 Å². The van der Waals surface area contributed by atoms with Crippen molar-refractivity contribution in [3.05, 3.63) is 64.7 Å². The average Bonchev–Trinajstić information content (AvgIpc) is 2.39. The Morgan fingerprint density at radius 2 is 1.60 bits per heavy atom. The third-order valence-electron chi connectivity index (χ3n) is 3.59. The van der Waals surface area contributed by atoms with Gasteiger partial charge in [-0.25, -0.2) is 0 Å². The van der Waals surface area contributed by atoms with Gasteiger partial charge in [0.15, 0.2) is 0 Å². The van der Waals surface area contributed by atoms with E-state index in [0.29, 0.717) is 6.54 Å². The van der Waals surface area contributed by atoms with E-state index in [9.17, 15) is 0 Å². The van der Waals surface area contributed by atoms with Crippen molar-refractivity contribution in [3.8, 4) is 0 Å². The molecule has 2 rings (SSSR count). The Hall–Kier alpha value is -1.80. The molecule has 0 saturated carbocycles. The minimum Gasteiger partial charge on any atom is -0.366 e. The first-order chi connectivity index (χ1) is 9.60. The van der Waals surface area contributed by atoms with E-state index in [4.69, 9.17) is 5.73 Å². The first kappa shape index (κ1) is 14.6. The molecule has 0 bridgehead atoms. The fourth-order valence-electron chi connectivity index (χ4n) is 2.58. The summed E-state index contributed by atoms with van der Waals surface area (Å²) in [6.07, 6.45) is 0. The SMILES string of the molecule is Cc1cc(C)cc(N(CCN)Cc2ccccc2C)c1. The minimum absolute atomic E-state index is 0.666. The van der Waals surface area contributed by atoms with Crippen LogP contribution in [0.25, 0.3) is 0 Å². The van der Waals surface area contributed by atoms with Crippen LogP contribution in [0.4, 0.5) is 5.69 Å². The second-order valence-corrected chi connectivity index (χ2v) is 5.48. The van der Waals surface area contributed by atoms with E-state index in [2.05, 4.69) is 68.1 Å². The van der Waals surface area contributed by atoms with Gasteiger partial charge in [-0.15, -0.1) is 0 Å². The third-order valence-corrected chi connectivity index (χ3v) is 3.59. The third kappa shape index (κ3) is 3.61. The topological polar surface area (TPSA) is 29.3 Å². The van der Waals surface area contributed by atoms with Crippen LogP contribution in [0.15, 0.2) is 42.5 Å². The molecule has 0 aliphatic carbocycles. The molecule has 0 aromatic heterocycles. The summed E-state index contributed by atoms with van der Waals surface area (Å²) in [6.45, 7) is 8.90. The maximum Gasteiger partial charge on any atom is 0.0432 e. The van der Waals surface area contributed by atoms with Crippen LogP contribution in [0, 0.1) is 20.8 Å². The maximum absolute atomic E-state index is 5.79. The molecule has 2 heteroatoms. The van der Waals surface area contributed by atoms with Crippen molar-refractivity contribution in [2.75, 3.05) is 18.0 Å². The second kappa shape index (κ2) is 6.58. The molecule has 2 aromatic rings. The Balaban J connectivity index is 2.29. The van der Waals surface area contributed by atoms with Crippen LogP contribution in [0.2, 0.25) is 0 Å². The Bertz CT molecular complexity index is 555. The molecular formula is C18H24N2. The lowest BCUT2D eigenvalue weighted by atomic mass is 10.1. The summed E-state index contributed by atoms with van der Waals surface area (Å²) in [5.74, 6) is 0. The number of nitrogens with zero attached hydrogens (tertiary/aromatic N) is 1. The van der Waals surface area contributed by atoms with Crippen LogP contribution in [-0.4, -0.2) is 13.1 Å². The van der Waals surface area contributed by atoms with E-state index in [1.807, 2.05) is 0 Å². The highest BCUT2D eigenvalue weighted by atomic mass is 15.1. The maximum atomic E-state index is 5.79. The van der Waals surface area contributed by atoms with Gasteiger partial charge in [-0.2, -0.15) is 0 Å². The Labute approximate surface area is 122 Å². The van der Waals surface area contributed by atoms with Crippen molar-refractivity contribution in [2.24, 2.45) is 5.73 Å². The molecule has 0 saturated heterocycles. The monoisotopic (exact) mass is 268 g/mol. The summed E-state index contributed by atoms with van der Waals surface area (Å²) in [5, 5.41) is 0. The van der Waals surface area contributed by atoms with Crippen molar-refractivity contribution in [1.29, 1.82) is 0 Å². The molecular weight excluding hydrogens is 244 g/mol. The van der Waals surface area contributed by atoms with E-state index < -0.39 is 0 Å². The highest BCUT2D eigenvalue weighted by molar-refractivity contribution is 5.51. The predicted octanol–water partition coefficient (Wildman–Crippen LogP) is 3.58. The van der Waals surface area contributed by atoms with Crippen LogP contribution in [0.3, 0.4) is 0 Å². The van der Waals surface area contributed by atoms with Crippen molar-refractivity contribution in [2.45, 2.75) is 27.3 Å². The van der Waals surface area contributed by atoms with Gasteiger partial charge in [0.1, 0.15) is 0 Å². The summed E-state index contributed by atoms with van der Waals surface area (Å²) in [7, 11) is 0. The summed E-state index contributed by atoms with van der Waals surface area (Å²) in [5.41, 5.74) is 12.3. The molecule has 0 unspecified atom stereocenters. The molecule has 2 aromatic carbocycles. The summed E-state index contributed by atoms with van der Waals surface area (Å²) < 4.78 is 0. The fourth-order valence-corrected chi connectivity index (χ4v) is 2.58. The van der Waals surface area contributed by atoms with Crippen LogP contribution in [0.1, 0.15) is 22.3 Å². The molecule has 0 amide bonds. The van der Waals surface area contributed by atoms with E-state index in [1.54, 1.807) is 0 Å². The smallest absolute Gasteiger partial charge is 0.0432 e. The van der Waals surface area contributed by atoms with Gasteiger partial charge in [0.2, 0.25) is 0 Å². The van der Waals surface area contributed by atoms with E-state index in [-0.39, 0.29) is 0 Å². The van der Waals surface area contributed by atoms with Gasteiger partial charge in [-0.3, -0.25) is 0 Å². The van der Waals surface area contributed by atoms with Crippen molar-refractivity contribution in [1.82, 2.24) is 0 Å². The van der Waals surface area contributed by atoms with Crippen LogP contribution >= 0.6 is 0 Å². The minimum atomic E-state index is 0.666. The van der Waals surface area contributed by atoms with Gasteiger partial charge < -0.3 is 10.6 Å². The van der Waals surface area contributed by atoms with Crippen molar-refractivity contribution >= 4 is 5.69 Å². The molecule has 0 aliphatic rings. The zero-order valence-corrected chi connectivity index (χ0v) is 12.7. The standard InChI is InChI=1S/C18H24N2/c1-14-10-15(2)12-18(11-14)20(9-8-19)13-17-7-5-4-6-16(17)3/h4-7,10-12H,8-9,13,19H2,1-3H3. The molecule has 20 heavy (non-hydrogen) atoms. The lowest BCUT2D eigenvalue weighted by Crippen LogP contribution is -2.29. The summed E-state index contributed by atoms with van der Waals surface area (Å²) in [4.78, 5) is 2.36. The number of aryl methyl sites for hydroxylation is 3. The lowest BCUT2D eigenvalue weighted by Gasteiger charge is -2.26. The second-order valence-electron chi connectivity index (χ2n) is 5.48. The number of benzene rings is 2. The van der Waals surface area contributed by atoms with Gasteiger partial charge in [0.25, 0.3) is 0 Å². The largest absolute Gasteiger partial charge is 0.366 e. The van der Waals surface area contributed by atoms with E-state index in [0.717, 1.165) is 13.1 Å². The zero-order valence-electron chi connectivity index (χ0n) is 12.7. The summed E-state index contributed by atoms with van der Waals surface area (Å²) in [6, 6.07) is 15.2. The molecule has 0 aliphatic heterocycles. The Morgan fingerprint density at radius 3 is 2.20 bits per heavy atom. The Kier molecular flexibility index (Phi) is 4.80. The zero-order chi connectivity index (χ0) is 14.5. The molecule has 2 nitrogen and oxygen atoms in total.